The number of rotatable bonds is 5. The van der Waals surface area contributed by atoms with Crippen molar-refractivity contribution in [1.29, 1.82) is 0 Å². The Kier molecular flexibility index (Phi) is 4.43. The third-order valence-electron chi connectivity index (χ3n) is 2.48. The third-order valence-corrected chi connectivity index (χ3v) is 2.48. The number of phenols is 2. The third kappa shape index (κ3) is 2.79. The minimum atomic E-state index is -0.566. The number of aliphatic hydroxyl groups excluding tert-OH is 1. The average molecular weight is 225 g/mol. The SMILES string of the molecule is CCCN(c1ccc(O)c(O)c1)C(O)CC. The molecule has 0 aliphatic heterocycles. The summed E-state index contributed by atoms with van der Waals surface area (Å²) in [6.45, 7) is 4.63. The smallest absolute Gasteiger partial charge is 0.159 e. The van der Waals surface area contributed by atoms with Crippen LogP contribution in [0.15, 0.2) is 18.2 Å². The predicted molar refractivity (Wildman–Crippen MR) is 63.7 cm³/mol. The van der Waals surface area contributed by atoms with Crippen molar-refractivity contribution in [2.45, 2.75) is 32.9 Å². The van der Waals surface area contributed by atoms with Crippen LogP contribution >= 0.6 is 0 Å². The predicted octanol–water partition coefficient (Wildman–Crippen LogP) is 2.04. The molecule has 0 aliphatic carbocycles. The van der Waals surface area contributed by atoms with Crippen LogP contribution in [0.25, 0.3) is 0 Å². The van der Waals surface area contributed by atoms with Crippen molar-refractivity contribution in [1.82, 2.24) is 0 Å². The normalized spacial score (nSPS) is 12.4. The molecule has 4 heteroatoms. The van der Waals surface area contributed by atoms with Gasteiger partial charge in [-0.15, -0.1) is 0 Å². The quantitative estimate of drug-likeness (QED) is 0.530. The molecule has 4 nitrogen and oxygen atoms in total. The standard InChI is InChI=1S/C12H19NO3/c1-3-7-13(12(16)4-2)9-5-6-10(14)11(15)8-9/h5-6,8,12,14-16H,3-4,7H2,1-2H3. The number of anilines is 1. The van der Waals surface area contributed by atoms with Gasteiger partial charge in [0.25, 0.3) is 0 Å². The van der Waals surface area contributed by atoms with Crippen molar-refractivity contribution >= 4 is 5.69 Å². The van der Waals surface area contributed by atoms with E-state index in [1.54, 1.807) is 11.0 Å². The highest BCUT2D eigenvalue weighted by molar-refractivity contribution is 5.55. The Labute approximate surface area is 95.8 Å². The fraction of sp³-hybridized carbons (Fsp3) is 0.500. The van der Waals surface area contributed by atoms with Gasteiger partial charge in [0.1, 0.15) is 6.23 Å². The zero-order valence-electron chi connectivity index (χ0n) is 9.72. The Morgan fingerprint density at radius 3 is 2.38 bits per heavy atom. The van der Waals surface area contributed by atoms with Crippen molar-refractivity contribution in [3.05, 3.63) is 18.2 Å². The van der Waals surface area contributed by atoms with Gasteiger partial charge in [-0.25, -0.2) is 0 Å². The van der Waals surface area contributed by atoms with Gasteiger partial charge < -0.3 is 20.2 Å². The van der Waals surface area contributed by atoms with Crippen molar-refractivity contribution in [3.63, 3.8) is 0 Å². The molecule has 1 atom stereocenters. The molecule has 0 bridgehead atoms. The molecular weight excluding hydrogens is 206 g/mol. The van der Waals surface area contributed by atoms with Gasteiger partial charge in [-0.2, -0.15) is 0 Å². The van der Waals surface area contributed by atoms with E-state index in [1.807, 2.05) is 13.8 Å². The summed E-state index contributed by atoms with van der Waals surface area (Å²) in [6, 6.07) is 4.57. The van der Waals surface area contributed by atoms with E-state index < -0.39 is 6.23 Å². The van der Waals surface area contributed by atoms with Crippen LogP contribution in [0.5, 0.6) is 11.5 Å². The topological polar surface area (TPSA) is 63.9 Å². The summed E-state index contributed by atoms with van der Waals surface area (Å²) < 4.78 is 0. The Bertz CT molecular complexity index is 341. The lowest BCUT2D eigenvalue weighted by molar-refractivity contribution is 0.164. The maximum absolute atomic E-state index is 9.84. The van der Waals surface area contributed by atoms with Gasteiger partial charge in [-0.05, 0) is 25.0 Å². The lowest BCUT2D eigenvalue weighted by atomic mass is 10.2. The van der Waals surface area contributed by atoms with E-state index in [-0.39, 0.29) is 11.5 Å². The molecule has 0 aliphatic rings. The Balaban J connectivity index is 2.96. The van der Waals surface area contributed by atoms with Crippen molar-refractivity contribution in [2.75, 3.05) is 11.4 Å². The molecule has 0 saturated heterocycles. The molecule has 3 N–H and O–H groups in total. The Morgan fingerprint density at radius 1 is 1.19 bits per heavy atom. The molecular formula is C12H19NO3. The number of hydrogen-bond acceptors (Lipinski definition) is 4. The molecule has 0 aromatic heterocycles. The molecule has 1 aromatic carbocycles. The summed E-state index contributed by atoms with van der Waals surface area (Å²) in [5, 5.41) is 28.5. The zero-order chi connectivity index (χ0) is 12.1. The van der Waals surface area contributed by atoms with E-state index in [0.29, 0.717) is 18.7 Å². The molecule has 0 amide bonds. The summed E-state index contributed by atoms with van der Waals surface area (Å²) in [4.78, 5) is 1.80. The largest absolute Gasteiger partial charge is 0.504 e. The second-order valence-corrected chi connectivity index (χ2v) is 3.76. The van der Waals surface area contributed by atoms with E-state index in [4.69, 9.17) is 0 Å². The van der Waals surface area contributed by atoms with E-state index in [2.05, 4.69) is 0 Å². The van der Waals surface area contributed by atoms with E-state index in [0.717, 1.165) is 6.42 Å². The molecule has 0 radical (unpaired) electrons. The molecule has 90 valence electrons. The molecule has 0 saturated carbocycles. The maximum atomic E-state index is 9.84. The van der Waals surface area contributed by atoms with Crippen LogP contribution in [-0.4, -0.2) is 28.1 Å². The van der Waals surface area contributed by atoms with Crippen molar-refractivity contribution < 1.29 is 15.3 Å². The van der Waals surface area contributed by atoms with E-state index in [9.17, 15) is 15.3 Å². The fourth-order valence-electron chi connectivity index (χ4n) is 1.60. The van der Waals surface area contributed by atoms with Gasteiger partial charge in [-0.1, -0.05) is 13.8 Å². The number of aromatic hydroxyl groups is 2. The number of phenolic OH excluding ortho intramolecular Hbond substituents is 2. The first-order valence-corrected chi connectivity index (χ1v) is 5.56. The molecule has 1 unspecified atom stereocenters. The maximum Gasteiger partial charge on any atom is 0.159 e. The summed E-state index contributed by atoms with van der Waals surface area (Å²) in [5.74, 6) is -0.312. The van der Waals surface area contributed by atoms with Crippen molar-refractivity contribution in [2.24, 2.45) is 0 Å². The molecule has 16 heavy (non-hydrogen) atoms. The van der Waals surface area contributed by atoms with Gasteiger partial charge in [0.2, 0.25) is 0 Å². The first-order valence-electron chi connectivity index (χ1n) is 5.56. The monoisotopic (exact) mass is 225 g/mol. The van der Waals surface area contributed by atoms with Crippen LogP contribution in [0.4, 0.5) is 5.69 Å². The number of nitrogens with zero attached hydrogens (tertiary/aromatic N) is 1. The Hall–Kier alpha value is -1.42. The molecule has 0 heterocycles. The van der Waals surface area contributed by atoms with Crippen molar-refractivity contribution in [3.8, 4) is 11.5 Å². The van der Waals surface area contributed by atoms with Gasteiger partial charge in [-0.3, -0.25) is 0 Å². The number of benzene rings is 1. The minimum absolute atomic E-state index is 0.147. The molecule has 1 aromatic rings. The first kappa shape index (κ1) is 12.6. The lowest BCUT2D eigenvalue weighted by Gasteiger charge is -2.29. The molecule has 0 spiro atoms. The summed E-state index contributed by atoms with van der Waals surface area (Å²) in [6.07, 6.45) is 0.948. The zero-order valence-corrected chi connectivity index (χ0v) is 9.72. The van der Waals surface area contributed by atoms with Crippen LogP contribution in [0, 0.1) is 0 Å². The minimum Gasteiger partial charge on any atom is -0.504 e. The van der Waals surface area contributed by atoms with E-state index in [1.165, 1.54) is 12.1 Å². The van der Waals surface area contributed by atoms with Crippen LogP contribution in [-0.2, 0) is 0 Å². The van der Waals surface area contributed by atoms with Crippen LogP contribution in [0.2, 0.25) is 0 Å². The van der Waals surface area contributed by atoms with Gasteiger partial charge >= 0.3 is 0 Å². The fourth-order valence-corrected chi connectivity index (χ4v) is 1.60. The second-order valence-electron chi connectivity index (χ2n) is 3.76. The summed E-state index contributed by atoms with van der Waals surface area (Å²) in [7, 11) is 0. The number of hydrogen-bond donors (Lipinski definition) is 3. The first-order chi connectivity index (χ1) is 7.60. The summed E-state index contributed by atoms with van der Waals surface area (Å²) in [5.41, 5.74) is 0.714. The van der Waals surface area contributed by atoms with Crippen LogP contribution in [0.3, 0.4) is 0 Å². The summed E-state index contributed by atoms with van der Waals surface area (Å²) >= 11 is 0. The van der Waals surface area contributed by atoms with Gasteiger partial charge in [0, 0.05) is 18.3 Å². The highest BCUT2D eigenvalue weighted by Gasteiger charge is 2.14. The number of aliphatic hydroxyl groups is 1. The van der Waals surface area contributed by atoms with Crippen LogP contribution < -0.4 is 4.90 Å². The highest BCUT2D eigenvalue weighted by atomic mass is 16.3. The highest BCUT2D eigenvalue weighted by Crippen LogP contribution is 2.30. The lowest BCUT2D eigenvalue weighted by Crippen LogP contribution is -2.35. The van der Waals surface area contributed by atoms with Gasteiger partial charge in [0.15, 0.2) is 11.5 Å². The molecule has 1 rings (SSSR count). The second kappa shape index (κ2) is 5.61. The van der Waals surface area contributed by atoms with Crippen LogP contribution in [0.1, 0.15) is 26.7 Å². The Morgan fingerprint density at radius 2 is 1.88 bits per heavy atom. The average Bonchev–Trinajstić information content (AvgIpc) is 2.29. The van der Waals surface area contributed by atoms with Gasteiger partial charge in [0.05, 0.1) is 0 Å². The molecule has 0 fully saturated rings. The van der Waals surface area contributed by atoms with E-state index >= 15 is 0 Å².